The summed E-state index contributed by atoms with van der Waals surface area (Å²) in [7, 11) is 0. The molecule has 0 saturated carbocycles. The zero-order valence-corrected chi connectivity index (χ0v) is 25.5. The third-order valence-corrected chi connectivity index (χ3v) is 7.14. The van der Waals surface area contributed by atoms with Crippen LogP contribution in [-0.2, 0) is 25.5 Å². The van der Waals surface area contributed by atoms with Gasteiger partial charge in [-0.2, -0.15) is 0 Å². The number of pyridine rings is 2. The number of aryl methyl sites for hydroxylation is 5. The fourth-order valence-corrected chi connectivity index (χ4v) is 5.45. The molecule has 0 aliphatic heterocycles. The number of hydrogen-bond acceptors (Lipinski definition) is 4. The van der Waals surface area contributed by atoms with Crippen molar-refractivity contribution in [1.82, 2.24) is 19.5 Å². The number of furan rings is 1. The van der Waals surface area contributed by atoms with Gasteiger partial charge in [-0.25, -0.2) is 4.98 Å². The third-order valence-electron chi connectivity index (χ3n) is 7.14. The zero-order chi connectivity index (χ0) is 26.2. The van der Waals surface area contributed by atoms with Crippen molar-refractivity contribution in [1.29, 1.82) is 0 Å². The Balaban J connectivity index is 0.00000294. The quantitative estimate of drug-likeness (QED) is 0.174. The van der Waals surface area contributed by atoms with Gasteiger partial charge in [0.1, 0.15) is 0 Å². The van der Waals surface area contributed by atoms with E-state index in [1.807, 2.05) is 19.2 Å². The first-order valence-corrected chi connectivity index (χ1v) is 12.7. The molecule has 0 unspecified atom stereocenters. The summed E-state index contributed by atoms with van der Waals surface area (Å²) >= 11 is 0. The van der Waals surface area contributed by atoms with Crippen LogP contribution in [0.2, 0.25) is 0 Å². The topological polar surface area (TPSA) is 56.7 Å². The SMILES string of the molecule is Cc1cc(C)c(-n2c(-c3[c-]cc(C)c4c3oc3nc(C(C)(C)C)ccc34)nc3cnc(C)cc32)c(C)c1.[Ir]. The van der Waals surface area contributed by atoms with E-state index >= 15 is 0 Å². The van der Waals surface area contributed by atoms with Gasteiger partial charge in [-0.15, -0.1) is 17.7 Å². The number of aromatic nitrogens is 4. The second kappa shape index (κ2) is 9.14. The summed E-state index contributed by atoms with van der Waals surface area (Å²) in [6, 6.07) is 16.3. The van der Waals surface area contributed by atoms with Crippen molar-refractivity contribution in [2.24, 2.45) is 0 Å². The van der Waals surface area contributed by atoms with Gasteiger partial charge in [-0.3, -0.25) is 9.97 Å². The Hall–Kier alpha value is -3.34. The number of fused-ring (bicyclic) bond motifs is 4. The van der Waals surface area contributed by atoms with Gasteiger partial charge >= 0.3 is 0 Å². The fraction of sp³-hybridized carbons (Fsp3) is 0.281. The Morgan fingerprint density at radius 3 is 2.29 bits per heavy atom. The van der Waals surface area contributed by atoms with E-state index in [2.05, 4.69) is 94.4 Å². The van der Waals surface area contributed by atoms with Crippen LogP contribution in [0.3, 0.4) is 0 Å². The molecule has 0 aliphatic rings. The first kappa shape index (κ1) is 26.3. The van der Waals surface area contributed by atoms with Crippen LogP contribution in [0.25, 0.3) is 50.2 Å². The number of benzene rings is 2. The smallest absolute Gasteiger partial charge is 0.216 e. The summed E-state index contributed by atoms with van der Waals surface area (Å²) in [4.78, 5) is 14.5. The molecule has 6 aromatic rings. The Bertz CT molecular complexity index is 1850. The summed E-state index contributed by atoms with van der Waals surface area (Å²) in [6.07, 6.45) is 1.85. The summed E-state index contributed by atoms with van der Waals surface area (Å²) in [5.74, 6) is 0.789. The van der Waals surface area contributed by atoms with Crippen LogP contribution in [0.1, 0.15) is 54.4 Å². The molecule has 6 heteroatoms. The van der Waals surface area contributed by atoms with Gasteiger partial charge < -0.3 is 8.98 Å². The summed E-state index contributed by atoms with van der Waals surface area (Å²) in [6.45, 7) is 17.1. The minimum atomic E-state index is -0.0729. The van der Waals surface area contributed by atoms with Crippen molar-refractivity contribution >= 4 is 33.1 Å². The molecule has 4 heterocycles. The normalized spacial score (nSPS) is 12.0. The van der Waals surface area contributed by atoms with E-state index in [0.717, 1.165) is 61.4 Å². The van der Waals surface area contributed by atoms with Gasteiger partial charge in [0.2, 0.25) is 5.71 Å². The Morgan fingerprint density at radius 2 is 1.61 bits per heavy atom. The monoisotopic (exact) mass is 680 g/mol. The van der Waals surface area contributed by atoms with Crippen LogP contribution >= 0.6 is 0 Å². The number of imidazole rings is 1. The maximum atomic E-state index is 6.53. The van der Waals surface area contributed by atoms with Crippen molar-refractivity contribution in [3.63, 3.8) is 0 Å². The summed E-state index contributed by atoms with van der Waals surface area (Å²) in [5, 5.41) is 2.07. The molecule has 0 N–H and O–H groups in total. The number of hydrogen-bond donors (Lipinski definition) is 0. The van der Waals surface area contributed by atoms with Crippen molar-refractivity contribution in [3.8, 4) is 17.1 Å². The molecule has 5 nitrogen and oxygen atoms in total. The molecule has 6 rings (SSSR count). The average Bonchev–Trinajstić information content (AvgIpc) is 3.37. The summed E-state index contributed by atoms with van der Waals surface area (Å²) in [5.41, 5.74) is 11.8. The van der Waals surface area contributed by atoms with Crippen LogP contribution in [0, 0.1) is 40.7 Å². The predicted octanol–water partition coefficient (Wildman–Crippen LogP) is 8.02. The zero-order valence-electron chi connectivity index (χ0n) is 23.1. The molecule has 0 bridgehead atoms. The molecule has 1 radical (unpaired) electrons. The largest absolute Gasteiger partial charge is 0.486 e. The predicted molar refractivity (Wildman–Crippen MR) is 151 cm³/mol. The molecule has 0 saturated heterocycles. The minimum absolute atomic E-state index is 0. The number of nitrogens with zero attached hydrogens (tertiary/aromatic N) is 4. The van der Waals surface area contributed by atoms with Crippen LogP contribution in [0.5, 0.6) is 0 Å². The van der Waals surface area contributed by atoms with E-state index in [1.54, 1.807) is 0 Å². The molecule has 0 amide bonds. The van der Waals surface area contributed by atoms with E-state index < -0.39 is 0 Å². The van der Waals surface area contributed by atoms with Gasteiger partial charge in [0.25, 0.3) is 0 Å². The van der Waals surface area contributed by atoms with E-state index in [-0.39, 0.29) is 25.5 Å². The maximum Gasteiger partial charge on any atom is 0.216 e. The summed E-state index contributed by atoms with van der Waals surface area (Å²) < 4.78 is 8.78. The Kier molecular flexibility index (Phi) is 6.32. The van der Waals surface area contributed by atoms with Gasteiger partial charge in [0, 0.05) is 48.0 Å². The Labute approximate surface area is 236 Å². The average molecular weight is 680 g/mol. The van der Waals surface area contributed by atoms with Gasteiger partial charge in [0.05, 0.1) is 28.6 Å². The van der Waals surface area contributed by atoms with E-state index in [4.69, 9.17) is 14.4 Å². The molecular weight excluding hydrogens is 649 g/mol. The molecule has 195 valence electrons. The van der Waals surface area contributed by atoms with E-state index in [9.17, 15) is 0 Å². The van der Waals surface area contributed by atoms with Crippen molar-refractivity contribution in [2.45, 2.75) is 60.8 Å². The second-order valence-corrected chi connectivity index (χ2v) is 11.3. The molecular formula is C32H31IrN4O-. The van der Waals surface area contributed by atoms with E-state index in [1.165, 1.54) is 16.7 Å². The molecule has 0 atom stereocenters. The van der Waals surface area contributed by atoms with Crippen molar-refractivity contribution in [3.05, 3.63) is 82.3 Å². The van der Waals surface area contributed by atoms with Crippen LogP contribution in [0.4, 0.5) is 0 Å². The minimum Gasteiger partial charge on any atom is -0.486 e. The van der Waals surface area contributed by atoms with Crippen molar-refractivity contribution < 1.29 is 24.5 Å². The fourth-order valence-electron chi connectivity index (χ4n) is 5.45. The van der Waals surface area contributed by atoms with E-state index in [0.29, 0.717) is 5.71 Å². The van der Waals surface area contributed by atoms with Crippen molar-refractivity contribution in [2.75, 3.05) is 0 Å². The maximum absolute atomic E-state index is 6.53. The standard InChI is InChI=1S/C32H31N4O.Ir/c1-17-13-19(3)28(20(4)14-17)36-25-15-21(5)33-16-24(25)34-30(36)23-10-9-18(2)27-22-11-12-26(32(6,7)8)35-31(22)37-29(23)27;/h9,11-16H,1-8H3;/q-1;. The first-order chi connectivity index (χ1) is 17.5. The van der Waals surface area contributed by atoms with Crippen LogP contribution < -0.4 is 0 Å². The number of rotatable bonds is 2. The van der Waals surface area contributed by atoms with Crippen LogP contribution in [0.15, 0.2) is 47.0 Å². The Morgan fingerprint density at radius 1 is 0.895 bits per heavy atom. The molecule has 4 aromatic heterocycles. The van der Waals surface area contributed by atoms with Gasteiger partial charge in [0.15, 0.2) is 0 Å². The van der Waals surface area contributed by atoms with Crippen LogP contribution in [-0.4, -0.2) is 19.5 Å². The third kappa shape index (κ3) is 4.07. The second-order valence-electron chi connectivity index (χ2n) is 11.3. The molecule has 0 aliphatic carbocycles. The van der Waals surface area contributed by atoms with Gasteiger partial charge in [-0.1, -0.05) is 56.3 Å². The molecule has 38 heavy (non-hydrogen) atoms. The molecule has 0 spiro atoms. The van der Waals surface area contributed by atoms with Gasteiger partial charge in [-0.05, 0) is 57.0 Å². The molecule has 0 fully saturated rings. The first-order valence-electron chi connectivity index (χ1n) is 12.7. The molecule has 2 aromatic carbocycles.